The van der Waals surface area contributed by atoms with E-state index < -0.39 is 63.3 Å². The van der Waals surface area contributed by atoms with Crippen molar-refractivity contribution in [2.75, 3.05) is 0 Å². The number of alkyl halides is 18. The summed E-state index contributed by atoms with van der Waals surface area (Å²) >= 11 is 0. The first-order chi connectivity index (χ1) is 15.9. The van der Waals surface area contributed by atoms with Crippen LogP contribution in [0.5, 0.6) is 0 Å². The highest BCUT2D eigenvalue weighted by Crippen LogP contribution is 2.64. The summed E-state index contributed by atoms with van der Waals surface area (Å²) in [5, 5.41) is -7.90. The topological polar surface area (TPSA) is 67.3 Å². The highest BCUT2D eigenvalue weighted by molar-refractivity contribution is 7.87. The zero-order chi connectivity index (χ0) is 30.3. The van der Waals surface area contributed by atoms with Gasteiger partial charge in [0, 0.05) is 12.4 Å². The Labute approximate surface area is 192 Å². The quantitative estimate of drug-likeness (QED) is 0.265. The number of halogens is 18. The second-order valence-corrected chi connectivity index (χ2v) is 7.85. The van der Waals surface area contributed by atoms with Gasteiger partial charge in [0.05, 0.1) is 0 Å². The molecule has 4 nitrogen and oxygen atoms in total. The smallest absolute Gasteiger partial charge is 0.281 e. The molecule has 0 radical (unpaired) electrons. The van der Waals surface area contributed by atoms with E-state index in [1.807, 2.05) is 18.2 Å². The Morgan fingerprint density at radius 1 is 0.541 bits per heavy atom. The van der Waals surface area contributed by atoms with E-state index >= 15 is 0 Å². The molecule has 1 N–H and O–H groups in total. The largest absolute Gasteiger partial charge is 0.438 e. The van der Waals surface area contributed by atoms with Gasteiger partial charge in [-0.05, 0) is 12.1 Å². The third kappa shape index (κ3) is 5.11. The van der Waals surface area contributed by atoms with E-state index in [-0.39, 0.29) is 0 Å². The van der Waals surface area contributed by atoms with Crippen molar-refractivity contribution >= 4 is 10.1 Å². The van der Waals surface area contributed by atoms with E-state index in [9.17, 15) is 87.4 Å². The van der Waals surface area contributed by atoms with E-state index in [2.05, 4.69) is 4.98 Å². The number of aromatic nitrogens is 1. The van der Waals surface area contributed by atoms with Gasteiger partial charge < -0.3 is 0 Å². The van der Waals surface area contributed by atoms with E-state index in [4.69, 9.17) is 4.55 Å². The summed E-state index contributed by atoms with van der Waals surface area (Å²) in [6.07, 6.45) is -2.58. The van der Waals surface area contributed by atoms with E-state index in [0.717, 1.165) is 0 Å². The minimum absolute atomic E-state index is 1.75. The van der Waals surface area contributed by atoms with Crippen LogP contribution >= 0.6 is 0 Å². The van der Waals surface area contributed by atoms with Crippen LogP contribution in [0, 0.1) is 0 Å². The average molecular weight is 611 g/mol. The minimum Gasteiger partial charge on any atom is -0.281 e. The van der Waals surface area contributed by atoms with E-state index in [1.165, 1.54) is 0 Å². The van der Waals surface area contributed by atoms with Gasteiger partial charge in [-0.25, -0.2) is 8.78 Å². The summed E-state index contributed by atoms with van der Waals surface area (Å²) < 4.78 is 258. The molecule has 0 saturated carbocycles. The molecule has 0 aliphatic carbocycles. The molecule has 1 rings (SSSR count). The number of nitrogens with zero attached hydrogens (tertiary/aromatic N) is 1. The van der Waals surface area contributed by atoms with Crippen LogP contribution in [-0.4, -0.2) is 71.1 Å². The number of hydrogen-bond acceptors (Lipinski definition) is 3. The molecule has 37 heavy (non-hydrogen) atoms. The first kappa shape index (κ1) is 34.8. The predicted octanol–water partition coefficient (Wildman–Crippen LogP) is 6.26. The maximum absolute atomic E-state index is 13.2. The molecule has 0 spiro atoms. The SMILES string of the molecule is O=S(=O)(O)C(F)(F)C(F)(F)C(F)(F)C(F)(F)C(F)(F)C(F)(F)C(F)(F)C(F)(F)C(F)F.c1ccncc1. The predicted molar refractivity (Wildman–Crippen MR) is 81.4 cm³/mol. The standard InChI is InChI=1S/C9H2F18O3S.C5H5N/c10-1(11)2(12,13)3(14,15)4(16,17)5(18,19)6(20,21)7(22,23)8(24,25)9(26,27)31(28,29)30;1-2-4-6-5-3-1/h1H,(H,28,29,30);1-5H. The van der Waals surface area contributed by atoms with E-state index in [0.29, 0.717) is 0 Å². The Morgan fingerprint density at radius 3 is 1.05 bits per heavy atom. The normalized spacial score (nSPS) is 15.4. The monoisotopic (exact) mass is 611 g/mol. The molecular formula is C14H7F18NO3S. The summed E-state index contributed by atoms with van der Waals surface area (Å²) in [6, 6.07) is 5.72. The summed E-state index contributed by atoms with van der Waals surface area (Å²) in [6.45, 7) is 0. The summed E-state index contributed by atoms with van der Waals surface area (Å²) in [7, 11) is -7.94. The first-order valence-corrected chi connectivity index (χ1v) is 9.51. The summed E-state index contributed by atoms with van der Waals surface area (Å²) in [5.41, 5.74) is 0. The van der Waals surface area contributed by atoms with Crippen molar-refractivity contribution in [2.24, 2.45) is 0 Å². The zero-order valence-electron chi connectivity index (χ0n) is 16.4. The minimum atomic E-state index is -8.98. The fourth-order valence-corrected chi connectivity index (χ4v) is 2.24. The lowest BCUT2D eigenvalue weighted by Crippen LogP contribution is -2.75. The zero-order valence-corrected chi connectivity index (χ0v) is 17.2. The van der Waals surface area contributed by atoms with Crippen molar-refractivity contribution in [3.8, 4) is 0 Å². The van der Waals surface area contributed by atoms with Gasteiger partial charge in [0.1, 0.15) is 0 Å². The highest BCUT2D eigenvalue weighted by atomic mass is 32.2. The molecule has 0 aromatic carbocycles. The van der Waals surface area contributed by atoms with Gasteiger partial charge in [-0.2, -0.15) is 78.7 Å². The highest BCUT2D eigenvalue weighted by Gasteiger charge is 2.96. The fourth-order valence-electron chi connectivity index (χ4n) is 1.79. The van der Waals surface area contributed by atoms with Crippen LogP contribution in [-0.2, 0) is 10.1 Å². The van der Waals surface area contributed by atoms with Gasteiger partial charge in [-0.3, -0.25) is 9.54 Å². The Bertz CT molecular complexity index is 985. The van der Waals surface area contributed by atoms with Gasteiger partial charge in [-0.1, -0.05) is 6.07 Å². The molecule has 218 valence electrons. The first-order valence-electron chi connectivity index (χ1n) is 8.07. The van der Waals surface area contributed by atoms with E-state index in [1.54, 1.807) is 12.4 Å². The Hall–Kier alpha value is -2.20. The Balaban J connectivity index is 0.00000187. The van der Waals surface area contributed by atoms with Crippen molar-refractivity contribution in [1.29, 1.82) is 0 Å². The number of rotatable bonds is 9. The molecule has 0 unspecified atom stereocenters. The van der Waals surface area contributed by atoms with Crippen LogP contribution in [0.3, 0.4) is 0 Å². The average Bonchev–Trinajstić information content (AvgIpc) is 2.73. The van der Waals surface area contributed by atoms with Crippen molar-refractivity contribution < 1.29 is 92.0 Å². The number of pyridine rings is 1. The number of hydrogen-bond donors (Lipinski definition) is 1. The van der Waals surface area contributed by atoms with Gasteiger partial charge >= 0.3 is 63.3 Å². The van der Waals surface area contributed by atoms with Crippen LogP contribution in [0.2, 0.25) is 0 Å². The van der Waals surface area contributed by atoms with Crippen molar-refractivity contribution in [3.63, 3.8) is 0 Å². The molecule has 0 atom stereocenters. The molecule has 0 aliphatic rings. The molecule has 0 amide bonds. The van der Waals surface area contributed by atoms with Crippen LogP contribution in [0.25, 0.3) is 0 Å². The third-order valence-corrected chi connectivity index (χ3v) is 4.82. The van der Waals surface area contributed by atoms with Crippen molar-refractivity contribution in [1.82, 2.24) is 4.98 Å². The summed E-state index contributed by atoms with van der Waals surface area (Å²) in [4.78, 5) is 3.78. The molecule has 0 saturated heterocycles. The van der Waals surface area contributed by atoms with Gasteiger partial charge in [0.2, 0.25) is 0 Å². The van der Waals surface area contributed by atoms with Gasteiger partial charge in [-0.15, -0.1) is 0 Å². The Morgan fingerprint density at radius 2 is 0.838 bits per heavy atom. The third-order valence-electron chi connectivity index (χ3n) is 3.92. The Kier molecular flexibility index (Phi) is 9.25. The van der Waals surface area contributed by atoms with Crippen LogP contribution in [0.1, 0.15) is 0 Å². The molecule has 0 bridgehead atoms. The van der Waals surface area contributed by atoms with Crippen molar-refractivity contribution in [2.45, 2.75) is 53.1 Å². The second-order valence-electron chi connectivity index (χ2n) is 6.39. The lowest BCUT2D eigenvalue weighted by atomic mass is 9.89. The van der Waals surface area contributed by atoms with Crippen LogP contribution in [0.15, 0.2) is 30.6 Å². The maximum atomic E-state index is 13.2. The van der Waals surface area contributed by atoms with Gasteiger partial charge in [0.15, 0.2) is 0 Å². The second kappa shape index (κ2) is 9.84. The molecule has 23 heteroatoms. The van der Waals surface area contributed by atoms with Crippen molar-refractivity contribution in [3.05, 3.63) is 30.6 Å². The molecule has 0 aliphatic heterocycles. The van der Waals surface area contributed by atoms with Crippen LogP contribution in [0.4, 0.5) is 79.0 Å². The molecule has 1 aromatic heterocycles. The fraction of sp³-hybridized carbons (Fsp3) is 0.643. The lowest BCUT2D eigenvalue weighted by molar-refractivity contribution is -0.453. The lowest BCUT2D eigenvalue weighted by Gasteiger charge is -2.43. The maximum Gasteiger partial charge on any atom is 0.438 e. The molecule has 0 fully saturated rings. The molecule has 1 heterocycles. The van der Waals surface area contributed by atoms with Gasteiger partial charge in [0.25, 0.3) is 0 Å². The molecule has 1 aromatic rings. The van der Waals surface area contributed by atoms with Crippen LogP contribution < -0.4 is 0 Å². The summed E-state index contributed by atoms with van der Waals surface area (Å²) in [5.74, 6) is -60.2. The molecular weight excluding hydrogens is 604 g/mol.